The molecule has 0 aromatic carbocycles. The largest absolute Gasteiger partial charge is 0.481 e. The van der Waals surface area contributed by atoms with Gasteiger partial charge in [-0.25, -0.2) is 0 Å². The summed E-state index contributed by atoms with van der Waals surface area (Å²) in [4.78, 5) is 9.00. The molecule has 11 heavy (non-hydrogen) atoms. The molecule has 1 saturated heterocycles. The Morgan fingerprint density at radius 1 is 1.73 bits per heavy atom. The fourth-order valence-electron chi connectivity index (χ4n) is 0.870. The van der Waals surface area contributed by atoms with Crippen molar-refractivity contribution in [2.45, 2.75) is 13.3 Å². The minimum absolute atomic E-state index is 0.354. The molecule has 4 nitrogen and oxygen atoms in total. The lowest BCUT2D eigenvalue weighted by Crippen LogP contribution is -2.11. The number of rotatable bonds is 1. The van der Waals surface area contributed by atoms with E-state index >= 15 is 0 Å². The second kappa shape index (κ2) is 6.12. The molecule has 0 radical (unpaired) electrons. The van der Waals surface area contributed by atoms with Crippen molar-refractivity contribution in [3.8, 4) is 0 Å². The monoisotopic (exact) mass is 161 g/mol. The zero-order chi connectivity index (χ0) is 8.69. The lowest BCUT2D eigenvalue weighted by Gasteiger charge is -1.98. The smallest absolute Gasteiger partial charge is 0.300 e. The van der Waals surface area contributed by atoms with Crippen LogP contribution in [0.2, 0.25) is 0 Å². The minimum atomic E-state index is -0.833. The molecule has 0 aliphatic carbocycles. The van der Waals surface area contributed by atoms with Crippen LogP contribution in [0, 0.1) is 5.92 Å². The Labute approximate surface area is 66.2 Å². The van der Waals surface area contributed by atoms with Crippen molar-refractivity contribution in [2.75, 3.05) is 19.7 Å². The zero-order valence-corrected chi connectivity index (χ0v) is 6.71. The maximum absolute atomic E-state index is 9.00. The van der Waals surface area contributed by atoms with Gasteiger partial charge in [0.2, 0.25) is 0 Å². The molecule has 1 fully saturated rings. The Morgan fingerprint density at radius 3 is 2.45 bits per heavy atom. The van der Waals surface area contributed by atoms with Crippen molar-refractivity contribution in [2.24, 2.45) is 5.92 Å². The van der Waals surface area contributed by atoms with Crippen molar-refractivity contribution < 1.29 is 15.0 Å². The van der Waals surface area contributed by atoms with Crippen molar-refractivity contribution in [3.63, 3.8) is 0 Å². The Morgan fingerprint density at radius 2 is 2.27 bits per heavy atom. The first-order chi connectivity index (χ1) is 5.16. The summed E-state index contributed by atoms with van der Waals surface area (Å²) < 4.78 is 0. The summed E-state index contributed by atoms with van der Waals surface area (Å²) in [5, 5.41) is 19.1. The summed E-state index contributed by atoms with van der Waals surface area (Å²) >= 11 is 0. The van der Waals surface area contributed by atoms with Crippen LogP contribution >= 0.6 is 0 Å². The normalized spacial score (nSPS) is 22.2. The predicted molar refractivity (Wildman–Crippen MR) is 41.4 cm³/mol. The highest BCUT2D eigenvalue weighted by atomic mass is 16.4. The molecule has 66 valence electrons. The summed E-state index contributed by atoms with van der Waals surface area (Å²) in [7, 11) is 0. The molecule has 0 amide bonds. The third-order valence-corrected chi connectivity index (χ3v) is 1.42. The van der Waals surface area contributed by atoms with Crippen LogP contribution in [0.15, 0.2) is 0 Å². The van der Waals surface area contributed by atoms with Crippen LogP contribution in [0.5, 0.6) is 0 Å². The quantitative estimate of drug-likeness (QED) is 0.493. The highest BCUT2D eigenvalue weighted by Crippen LogP contribution is 2.03. The summed E-state index contributed by atoms with van der Waals surface area (Å²) in [6.07, 6.45) is 1.15. The van der Waals surface area contributed by atoms with E-state index in [2.05, 4.69) is 5.32 Å². The standard InChI is InChI=1S/C5H11NO.C2H4O2/c7-4-5-1-2-6-3-5;1-2(3)4/h5-7H,1-4H2;1H3,(H,3,4)/t5-;/m1./s1. The van der Waals surface area contributed by atoms with Crippen molar-refractivity contribution in [1.82, 2.24) is 5.32 Å². The van der Waals surface area contributed by atoms with Crippen molar-refractivity contribution in [3.05, 3.63) is 0 Å². The van der Waals surface area contributed by atoms with E-state index in [-0.39, 0.29) is 0 Å². The van der Waals surface area contributed by atoms with E-state index < -0.39 is 5.97 Å². The van der Waals surface area contributed by atoms with Gasteiger partial charge >= 0.3 is 0 Å². The van der Waals surface area contributed by atoms with Crippen LogP contribution in [0.4, 0.5) is 0 Å². The molecule has 4 heteroatoms. The van der Waals surface area contributed by atoms with E-state index in [0.29, 0.717) is 12.5 Å². The van der Waals surface area contributed by atoms with E-state index in [9.17, 15) is 0 Å². The molecule has 0 saturated carbocycles. The van der Waals surface area contributed by atoms with Crippen LogP contribution in [0.1, 0.15) is 13.3 Å². The van der Waals surface area contributed by atoms with Crippen LogP contribution in [-0.4, -0.2) is 35.9 Å². The van der Waals surface area contributed by atoms with Gasteiger partial charge in [-0.1, -0.05) is 0 Å². The molecule has 1 heterocycles. The van der Waals surface area contributed by atoms with Crippen molar-refractivity contribution in [1.29, 1.82) is 0 Å². The molecule has 0 aromatic rings. The van der Waals surface area contributed by atoms with Gasteiger partial charge < -0.3 is 15.5 Å². The van der Waals surface area contributed by atoms with Gasteiger partial charge in [-0.15, -0.1) is 0 Å². The van der Waals surface area contributed by atoms with Crippen LogP contribution in [0.25, 0.3) is 0 Å². The second-order valence-corrected chi connectivity index (χ2v) is 2.56. The third-order valence-electron chi connectivity index (χ3n) is 1.42. The number of aliphatic carboxylic acids is 1. The average Bonchev–Trinajstić information content (AvgIpc) is 2.36. The van der Waals surface area contributed by atoms with Crippen LogP contribution in [0.3, 0.4) is 0 Å². The van der Waals surface area contributed by atoms with Gasteiger partial charge in [0.1, 0.15) is 0 Å². The van der Waals surface area contributed by atoms with Gasteiger partial charge in [0.15, 0.2) is 0 Å². The molecular formula is C7H15NO3. The first-order valence-corrected chi connectivity index (χ1v) is 3.68. The Kier molecular flexibility index (Phi) is 5.78. The highest BCUT2D eigenvalue weighted by Gasteiger charge is 2.11. The van der Waals surface area contributed by atoms with E-state index in [1.807, 2.05) is 0 Å². The molecule has 1 rings (SSSR count). The average molecular weight is 161 g/mol. The number of aliphatic hydroxyl groups excluding tert-OH is 1. The molecule has 0 bridgehead atoms. The topological polar surface area (TPSA) is 69.6 Å². The number of carbonyl (C=O) groups is 1. The molecule has 3 N–H and O–H groups in total. The Hall–Kier alpha value is -0.610. The molecule has 1 atom stereocenters. The number of carboxylic acid groups (broad SMARTS) is 1. The van der Waals surface area contributed by atoms with Gasteiger partial charge in [0, 0.05) is 20.1 Å². The maximum Gasteiger partial charge on any atom is 0.300 e. The number of aliphatic hydroxyl groups is 1. The zero-order valence-electron chi connectivity index (χ0n) is 6.71. The number of carboxylic acids is 1. The molecule has 1 aliphatic heterocycles. The van der Waals surface area contributed by atoms with Crippen molar-refractivity contribution >= 4 is 5.97 Å². The lowest BCUT2D eigenvalue weighted by atomic mass is 10.1. The van der Waals surface area contributed by atoms with E-state index in [0.717, 1.165) is 26.4 Å². The first-order valence-electron chi connectivity index (χ1n) is 3.68. The summed E-state index contributed by atoms with van der Waals surface area (Å²) in [6, 6.07) is 0. The first kappa shape index (κ1) is 10.4. The minimum Gasteiger partial charge on any atom is -0.481 e. The SMILES string of the molecule is CC(=O)O.OC[C@@H]1CCNC1. The number of hydrogen-bond acceptors (Lipinski definition) is 3. The summed E-state index contributed by atoms with van der Waals surface area (Å²) in [5.41, 5.74) is 0. The van der Waals surface area contributed by atoms with E-state index in [4.69, 9.17) is 15.0 Å². The Balaban J connectivity index is 0.000000218. The molecule has 0 unspecified atom stereocenters. The van der Waals surface area contributed by atoms with E-state index in [1.165, 1.54) is 0 Å². The van der Waals surface area contributed by atoms with Gasteiger partial charge in [-0.2, -0.15) is 0 Å². The Bertz CT molecular complexity index is 106. The van der Waals surface area contributed by atoms with Gasteiger partial charge in [0.25, 0.3) is 5.97 Å². The third kappa shape index (κ3) is 7.29. The highest BCUT2D eigenvalue weighted by molar-refractivity contribution is 5.62. The van der Waals surface area contributed by atoms with Gasteiger partial charge in [-0.05, 0) is 18.9 Å². The maximum atomic E-state index is 9.00. The molecule has 0 aromatic heterocycles. The number of nitrogens with one attached hydrogen (secondary N) is 1. The van der Waals surface area contributed by atoms with E-state index in [1.54, 1.807) is 0 Å². The van der Waals surface area contributed by atoms with Gasteiger partial charge in [0.05, 0.1) is 0 Å². The molecule has 0 spiro atoms. The predicted octanol–water partition coefficient (Wildman–Crippen LogP) is -0.321. The molecule has 1 aliphatic rings. The summed E-state index contributed by atoms with van der Waals surface area (Å²) in [5.74, 6) is -0.292. The fourth-order valence-corrected chi connectivity index (χ4v) is 0.870. The van der Waals surface area contributed by atoms with Crippen LogP contribution in [-0.2, 0) is 4.79 Å². The van der Waals surface area contributed by atoms with Crippen LogP contribution < -0.4 is 5.32 Å². The lowest BCUT2D eigenvalue weighted by molar-refractivity contribution is -0.134. The summed E-state index contributed by atoms with van der Waals surface area (Å²) in [6.45, 7) is 3.54. The fraction of sp³-hybridized carbons (Fsp3) is 0.857. The number of hydrogen-bond donors (Lipinski definition) is 3. The molecular weight excluding hydrogens is 146 g/mol. The van der Waals surface area contributed by atoms with Gasteiger partial charge in [-0.3, -0.25) is 4.79 Å². The second-order valence-electron chi connectivity index (χ2n) is 2.56.